The Balaban J connectivity index is 1.37. The van der Waals surface area contributed by atoms with Crippen LogP contribution in [0.15, 0.2) is 96.4 Å². The van der Waals surface area contributed by atoms with Crippen molar-refractivity contribution in [2.24, 2.45) is 5.92 Å². The first-order chi connectivity index (χ1) is 18.7. The molecule has 0 spiro atoms. The molecule has 1 heterocycles. The Morgan fingerprint density at radius 1 is 0.974 bits per heavy atom. The lowest BCUT2D eigenvalue weighted by molar-refractivity contribution is 0.369. The lowest BCUT2D eigenvalue weighted by Gasteiger charge is -2.30. The molecule has 1 heteroatoms. The number of hydrogen-bond acceptors (Lipinski definition) is 1. The molecule has 0 saturated heterocycles. The standard InChI is InChI=1S/C37H45N/c1-4-12-34-24-23-33(27-38(34)25-11-15-29-14-8-20-32(26-29)31-18-10-19-31)36-21-6-7-22-37(36)35(13-5-2)28(3)30-16-9-17-30/h5-8,12-14,20-24,26-27,30-31H,4,9-11,15-19,25H2,1-3H3/b13-5-,34-12-,35-28-. The summed E-state index contributed by atoms with van der Waals surface area (Å²) in [5.74, 6) is 1.55. The lowest BCUT2D eigenvalue weighted by atomic mass is 9.76. The molecule has 2 aliphatic carbocycles. The van der Waals surface area contributed by atoms with E-state index < -0.39 is 0 Å². The predicted octanol–water partition coefficient (Wildman–Crippen LogP) is 10.2. The molecule has 2 saturated carbocycles. The molecule has 0 bridgehead atoms. The van der Waals surface area contributed by atoms with Gasteiger partial charge in [0.2, 0.25) is 0 Å². The van der Waals surface area contributed by atoms with E-state index in [0.29, 0.717) is 0 Å². The predicted molar refractivity (Wildman–Crippen MR) is 165 cm³/mol. The van der Waals surface area contributed by atoms with Gasteiger partial charge < -0.3 is 4.90 Å². The molecule has 1 aliphatic heterocycles. The summed E-state index contributed by atoms with van der Waals surface area (Å²) in [6, 6.07) is 18.4. The first-order valence-corrected chi connectivity index (χ1v) is 15.1. The van der Waals surface area contributed by atoms with Crippen molar-refractivity contribution >= 4 is 11.1 Å². The zero-order valence-electron chi connectivity index (χ0n) is 23.8. The van der Waals surface area contributed by atoms with E-state index in [-0.39, 0.29) is 0 Å². The van der Waals surface area contributed by atoms with Crippen LogP contribution in [0.3, 0.4) is 0 Å². The smallest absolute Gasteiger partial charge is 0.0365 e. The van der Waals surface area contributed by atoms with Gasteiger partial charge >= 0.3 is 0 Å². The van der Waals surface area contributed by atoms with Crippen molar-refractivity contribution in [1.82, 2.24) is 4.90 Å². The second-order valence-electron chi connectivity index (χ2n) is 11.4. The monoisotopic (exact) mass is 503 g/mol. The molecule has 0 radical (unpaired) electrons. The van der Waals surface area contributed by atoms with Crippen molar-refractivity contribution in [3.8, 4) is 0 Å². The van der Waals surface area contributed by atoms with Gasteiger partial charge in [-0.1, -0.05) is 98.2 Å². The van der Waals surface area contributed by atoms with Crippen LogP contribution in [0.25, 0.3) is 11.1 Å². The van der Waals surface area contributed by atoms with Crippen LogP contribution in [-0.2, 0) is 6.42 Å². The van der Waals surface area contributed by atoms with Gasteiger partial charge in [-0.05, 0) is 110 Å². The highest BCUT2D eigenvalue weighted by Gasteiger charge is 2.23. The van der Waals surface area contributed by atoms with Crippen LogP contribution in [0.5, 0.6) is 0 Å². The van der Waals surface area contributed by atoms with Crippen molar-refractivity contribution in [3.63, 3.8) is 0 Å². The normalized spacial score (nSPS) is 19.9. The first kappa shape index (κ1) is 26.5. The third kappa shape index (κ3) is 5.98. The Morgan fingerprint density at radius 3 is 2.50 bits per heavy atom. The van der Waals surface area contributed by atoms with Crippen molar-refractivity contribution < 1.29 is 0 Å². The van der Waals surface area contributed by atoms with Gasteiger partial charge in [-0.25, -0.2) is 0 Å². The summed E-state index contributed by atoms with van der Waals surface area (Å²) < 4.78 is 0. The second-order valence-corrected chi connectivity index (χ2v) is 11.4. The fourth-order valence-corrected chi connectivity index (χ4v) is 6.13. The zero-order chi connectivity index (χ0) is 26.3. The van der Waals surface area contributed by atoms with Crippen LogP contribution in [0, 0.1) is 5.92 Å². The minimum atomic E-state index is 0.739. The molecule has 2 aromatic rings. The van der Waals surface area contributed by atoms with Crippen LogP contribution in [0.4, 0.5) is 0 Å². The highest BCUT2D eigenvalue weighted by molar-refractivity contribution is 5.88. The quantitative estimate of drug-likeness (QED) is 0.291. The van der Waals surface area contributed by atoms with Crippen molar-refractivity contribution in [3.05, 3.63) is 119 Å². The van der Waals surface area contributed by atoms with E-state index in [9.17, 15) is 0 Å². The third-order valence-corrected chi connectivity index (χ3v) is 8.87. The van der Waals surface area contributed by atoms with Crippen LogP contribution >= 0.6 is 0 Å². The molecule has 0 amide bonds. The highest BCUT2D eigenvalue weighted by Crippen LogP contribution is 2.40. The molecule has 1 nitrogen and oxygen atoms in total. The maximum atomic E-state index is 2.49. The summed E-state index contributed by atoms with van der Waals surface area (Å²) in [4.78, 5) is 2.49. The van der Waals surface area contributed by atoms with Crippen LogP contribution in [0.2, 0.25) is 0 Å². The molecule has 3 aliphatic rings. The van der Waals surface area contributed by atoms with E-state index in [0.717, 1.165) is 37.6 Å². The van der Waals surface area contributed by atoms with E-state index >= 15 is 0 Å². The molecule has 2 fully saturated rings. The molecular formula is C37H45N. The zero-order valence-corrected chi connectivity index (χ0v) is 23.8. The van der Waals surface area contributed by atoms with Gasteiger partial charge in [0.05, 0.1) is 0 Å². The molecule has 38 heavy (non-hydrogen) atoms. The minimum absolute atomic E-state index is 0.739. The SMILES string of the molecule is C/C=C\C(=C(/C)C1CCC1)c1ccccc1C1=CN(CCCc2cccc(C3CCC3)c2)/C(=C\CC)C=C1. The minimum Gasteiger partial charge on any atom is -0.348 e. The molecular weight excluding hydrogens is 458 g/mol. The van der Waals surface area contributed by atoms with Crippen molar-refractivity contribution in [2.75, 3.05) is 6.54 Å². The molecule has 5 rings (SSSR count). The van der Waals surface area contributed by atoms with Gasteiger partial charge in [0.15, 0.2) is 0 Å². The fourth-order valence-electron chi connectivity index (χ4n) is 6.13. The Morgan fingerprint density at radius 2 is 1.79 bits per heavy atom. The Kier molecular flexibility index (Phi) is 8.84. The first-order valence-electron chi connectivity index (χ1n) is 15.1. The molecule has 0 atom stereocenters. The van der Waals surface area contributed by atoms with Gasteiger partial charge in [-0.3, -0.25) is 0 Å². The fraction of sp³-hybridized carbons (Fsp3) is 0.405. The van der Waals surface area contributed by atoms with E-state index in [2.05, 4.69) is 111 Å². The highest BCUT2D eigenvalue weighted by atomic mass is 15.1. The van der Waals surface area contributed by atoms with E-state index in [1.807, 2.05) is 0 Å². The average Bonchev–Trinajstić information content (AvgIpc) is 2.86. The summed E-state index contributed by atoms with van der Waals surface area (Å²) in [6.45, 7) is 7.77. The van der Waals surface area contributed by atoms with Crippen LogP contribution in [-0.4, -0.2) is 11.4 Å². The van der Waals surface area contributed by atoms with E-state index in [1.54, 1.807) is 11.1 Å². The Hall–Kier alpha value is -3.06. The molecule has 0 unspecified atom stereocenters. The van der Waals surface area contributed by atoms with Crippen LogP contribution < -0.4 is 0 Å². The third-order valence-electron chi connectivity index (χ3n) is 8.87. The number of benzene rings is 2. The summed E-state index contributed by atoms with van der Waals surface area (Å²) >= 11 is 0. The summed E-state index contributed by atoms with van der Waals surface area (Å²) in [5.41, 5.74) is 11.3. The maximum absolute atomic E-state index is 2.49. The van der Waals surface area contributed by atoms with Gasteiger partial charge in [0.1, 0.15) is 0 Å². The molecule has 0 aromatic heterocycles. The van der Waals surface area contributed by atoms with Gasteiger partial charge in [0, 0.05) is 18.4 Å². The Labute approximate surface area is 231 Å². The number of nitrogens with zero attached hydrogens (tertiary/aromatic N) is 1. The average molecular weight is 504 g/mol. The summed E-state index contributed by atoms with van der Waals surface area (Å²) in [7, 11) is 0. The number of hydrogen-bond donors (Lipinski definition) is 0. The molecule has 2 aromatic carbocycles. The van der Waals surface area contributed by atoms with Gasteiger partial charge in [-0.2, -0.15) is 0 Å². The summed E-state index contributed by atoms with van der Waals surface area (Å²) in [6.07, 6.45) is 25.4. The van der Waals surface area contributed by atoms with Crippen LogP contribution in [0.1, 0.15) is 100 Å². The summed E-state index contributed by atoms with van der Waals surface area (Å²) in [5, 5.41) is 0. The van der Waals surface area contributed by atoms with E-state index in [4.69, 9.17) is 0 Å². The maximum Gasteiger partial charge on any atom is 0.0365 e. The Bertz CT molecular complexity index is 1260. The number of aryl methyl sites for hydroxylation is 1. The molecule has 0 N–H and O–H groups in total. The molecule has 198 valence electrons. The van der Waals surface area contributed by atoms with Crippen molar-refractivity contribution in [2.45, 2.75) is 84.5 Å². The van der Waals surface area contributed by atoms with Gasteiger partial charge in [-0.15, -0.1) is 0 Å². The lowest BCUT2D eigenvalue weighted by Crippen LogP contribution is -2.20. The second kappa shape index (κ2) is 12.7. The van der Waals surface area contributed by atoms with E-state index in [1.165, 1.54) is 72.1 Å². The largest absolute Gasteiger partial charge is 0.348 e. The topological polar surface area (TPSA) is 3.24 Å². The number of rotatable bonds is 10. The van der Waals surface area contributed by atoms with Gasteiger partial charge in [0.25, 0.3) is 0 Å². The van der Waals surface area contributed by atoms with Crippen molar-refractivity contribution in [1.29, 1.82) is 0 Å². The number of allylic oxidation sites excluding steroid dienone is 8.